The molecule has 2 aromatic carbocycles. The van der Waals surface area contributed by atoms with Crippen molar-refractivity contribution in [3.63, 3.8) is 0 Å². The van der Waals surface area contributed by atoms with E-state index in [0.717, 1.165) is 36.0 Å². The number of carboxylic acid groups (broad SMARTS) is 1. The van der Waals surface area contributed by atoms with Gasteiger partial charge in [0, 0.05) is 42.9 Å². The summed E-state index contributed by atoms with van der Waals surface area (Å²) in [5.41, 5.74) is 2.58. The molecule has 0 unspecified atom stereocenters. The molecule has 0 aliphatic carbocycles. The van der Waals surface area contributed by atoms with E-state index < -0.39 is 5.97 Å². The molecule has 0 aliphatic heterocycles. The summed E-state index contributed by atoms with van der Waals surface area (Å²) in [6.45, 7) is 2.93. The van der Waals surface area contributed by atoms with Gasteiger partial charge in [0.1, 0.15) is 23.5 Å². The first-order valence-corrected chi connectivity index (χ1v) is 15.1. The van der Waals surface area contributed by atoms with Gasteiger partial charge in [0.2, 0.25) is 0 Å². The standard InChI is InChI=1S/C32H35FN4O4S/c1-2-3-4-5-6-7-14-41-29-13-10-24(16-28(29)31(39)40)19-37-20-26(15-25-17-34-22-35-18-25)30(38)36-32(37)42-21-23-8-11-27(33)12-9-23/h8-13,16-18,20,22H,2-7,14-15,19,21H2,1H3,(H,39,40). The molecule has 220 valence electrons. The van der Waals surface area contributed by atoms with Crippen LogP contribution < -0.4 is 10.3 Å². The molecule has 0 saturated carbocycles. The van der Waals surface area contributed by atoms with Crippen molar-refractivity contribution in [1.82, 2.24) is 19.5 Å². The number of halogens is 1. The van der Waals surface area contributed by atoms with E-state index in [0.29, 0.717) is 35.2 Å². The van der Waals surface area contributed by atoms with Gasteiger partial charge in [0.25, 0.3) is 5.56 Å². The minimum atomic E-state index is -1.07. The third-order valence-corrected chi connectivity index (χ3v) is 7.76. The lowest BCUT2D eigenvalue weighted by atomic mass is 10.1. The molecule has 0 saturated heterocycles. The van der Waals surface area contributed by atoms with Gasteiger partial charge in [-0.05, 0) is 47.4 Å². The van der Waals surface area contributed by atoms with E-state index >= 15 is 0 Å². The van der Waals surface area contributed by atoms with Crippen LogP contribution >= 0.6 is 11.8 Å². The molecule has 0 bridgehead atoms. The normalized spacial score (nSPS) is 11.0. The number of carboxylic acids is 1. The number of thioether (sulfide) groups is 1. The van der Waals surface area contributed by atoms with Gasteiger partial charge in [-0.2, -0.15) is 4.98 Å². The average molecular weight is 591 g/mol. The molecule has 10 heteroatoms. The van der Waals surface area contributed by atoms with Crippen LogP contribution in [0, 0.1) is 5.82 Å². The van der Waals surface area contributed by atoms with E-state index in [2.05, 4.69) is 21.9 Å². The van der Waals surface area contributed by atoms with Crippen LogP contribution in [0.15, 0.2) is 77.3 Å². The lowest BCUT2D eigenvalue weighted by Crippen LogP contribution is -2.20. The molecule has 0 fully saturated rings. The maximum atomic E-state index is 13.4. The number of rotatable bonds is 16. The molecular formula is C32H35FN4O4S. The lowest BCUT2D eigenvalue weighted by molar-refractivity contribution is 0.0692. The Morgan fingerprint density at radius 2 is 1.69 bits per heavy atom. The van der Waals surface area contributed by atoms with Gasteiger partial charge in [-0.25, -0.2) is 19.2 Å². The van der Waals surface area contributed by atoms with Crippen LogP contribution in [0.4, 0.5) is 4.39 Å². The van der Waals surface area contributed by atoms with Crippen molar-refractivity contribution in [1.29, 1.82) is 0 Å². The highest BCUT2D eigenvalue weighted by Gasteiger charge is 2.15. The highest BCUT2D eigenvalue weighted by atomic mass is 32.2. The topological polar surface area (TPSA) is 107 Å². The van der Waals surface area contributed by atoms with Crippen molar-refractivity contribution in [2.75, 3.05) is 6.61 Å². The molecule has 2 heterocycles. The van der Waals surface area contributed by atoms with Crippen LogP contribution in [0.5, 0.6) is 5.75 Å². The first-order chi connectivity index (χ1) is 20.4. The fourth-order valence-corrected chi connectivity index (χ4v) is 5.39. The van der Waals surface area contributed by atoms with Gasteiger partial charge in [0.15, 0.2) is 5.16 Å². The second kappa shape index (κ2) is 15.8. The fourth-order valence-electron chi connectivity index (χ4n) is 4.47. The number of benzene rings is 2. The van der Waals surface area contributed by atoms with E-state index in [1.807, 2.05) is 10.6 Å². The van der Waals surface area contributed by atoms with Crippen LogP contribution in [-0.4, -0.2) is 37.2 Å². The third-order valence-electron chi connectivity index (χ3n) is 6.70. The molecule has 0 radical (unpaired) electrons. The van der Waals surface area contributed by atoms with Gasteiger partial charge in [-0.15, -0.1) is 0 Å². The molecule has 1 N–H and O–H groups in total. The summed E-state index contributed by atoms with van der Waals surface area (Å²) in [5, 5.41) is 10.4. The zero-order valence-corrected chi connectivity index (χ0v) is 24.5. The second-order valence-corrected chi connectivity index (χ2v) is 11.0. The lowest BCUT2D eigenvalue weighted by Gasteiger charge is -2.16. The Hall–Kier alpha value is -4.05. The van der Waals surface area contributed by atoms with Crippen molar-refractivity contribution in [3.05, 3.63) is 111 Å². The molecule has 4 aromatic rings. The van der Waals surface area contributed by atoms with Crippen LogP contribution in [0.3, 0.4) is 0 Å². The monoisotopic (exact) mass is 590 g/mol. The molecule has 42 heavy (non-hydrogen) atoms. The van der Waals surface area contributed by atoms with E-state index in [1.165, 1.54) is 49.5 Å². The Balaban J connectivity index is 1.55. The SMILES string of the molecule is CCCCCCCCOc1ccc(Cn2cc(Cc3cncnc3)c(=O)nc2SCc2ccc(F)cc2)cc1C(=O)O. The van der Waals surface area contributed by atoms with E-state index in [9.17, 15) is 19.1 Å². The Bertz CT molecular complexity index is 1510. The fraction of sp³-hybridized carbons (Fsp3) is 0.344. The quantitative estimate of drug-likeness (QED) is 0.0891. The van der Waals surface area contributed by atoms with Crippen LogP contribution in [0.2, 0.25) is 0 Å². The average Bonchev–Trinajstić information content (AvgIpc) is 2.99. The van der Waals surface area contributed by atoms with Gasteiger partial charge in [0.05, 0.1) is 6.61 Å². The number of ether oxygens (including phenoxy) is 1. The molecule has 4 rings (SSSR count). The third kappa shape index (κ3) is 9.24. The summed E-state index contributed by atoms with van der Waals surface area (Å²) in [6.07, 6.45) is 13.5. The Morgan fingerprint density at radius 1 is 0.976 bits per heavy atom. The molecule has 0 aliphatic rings. The minimum Gasteiger partial charge on any atom is -0.493 e. The first kappa shape index (κ1) is 30.9. The molecule has 8 nitrogen and oxygen atoms in total. The summed E-state index contributed by atoms with van der Waals surface area (Å²) in [4.78, 5) is 37.5. The largest absolute Gasteiger partial charge is 0.493 e. The number of hydrogen-bond donors (Lipinski definition) is 1. The van der Waals surface area contributed by atoms with E-state index in [-0.39, 0.29) is 23.5 Å². The van der Waals surface area contributed by atoms with Gasteiger partial charge >= 0.3 is 5.97 Å². The number of hydrogen-bond acceptors (Lipinski definition) is 7. The Labute approximate surface area is 249 Å². The molecule has 0 spiro atoms. The number of aromatic carboxylic acids is 1. The van der Waals surface area contributed by atoms with Crippen LogP contribution in [0.25, 0.3) is 0 Å². The molecule has 2 aromatic heterocycles. The maximum Gasteiger partial charge on any atom is 0.339 e. The molecule has 0 atom stereocenters. The molecule has 0 amide bonds. The van der Waals surface area contributed by atoms with Gasteiger partial charge < -0.3 is 14.4 Å². The van der Waals surface area contributed by atoms with Crippen LogP contribution in [0.1, 0.15) is 78.1 Å². The van der Waals surface area contributed by atoms with Crippen molar-refractivity contribution in [3.8, 4) is 5.75 Å². The summed E-state index contributed by atoms with van der Waals surface area (Å²) in [5.74, 6) is -0.567. The zero-order valence-electron chi connectivity index (χ0n) is 23.7. The summed E-state index contributed by atoms with van der Waals surface area (Å²) >= 11 is 1.35. The van der Waals surface area contributed by atoms with E-state index in [1.54, 1.807) is 42.9 Å². The summed E-state index contributed by atoms with van der Waals surface area (Å²) in [7, 11) is 0. The van der Waals surface area contributed by atoms with Gasteiger partial charge in [-0.3, -0.25) is 4.79 Å². The number of aromatic nitrogens is 4. The highest BCUT2D eigenvalue weighted by Crippen LogP contribution is 2.25. The highest BCUT2D eigenvalue weighted by molar-refractivity contribution is 7.98. The van der Waals surface area contributed by atoms with Crippen molar-refractivity contribution < 1.29 is 19.0 Å². The minimum absolute atomic E-state index is 0.0923. The zero-order chi connectivity index (χ0) is 29.7. The summed E-state index contributed by atoms with van der Waals surface area (Å²) in [6, 6.07) is 11.3. The Morgan fingerprint density at radius 3 is 2.43 bits per heavy atom. The summed E-state index contributed by atoms with van der Waals surface area (Å²) < 4.78 is 21.1. The Kier molecular flexibility index (Phi) is 11.6. The predicted octanol–water partition coefficient (Wildman–Crippen LogP) is 6.54. The van der Waals surface area contributed by atoms with Crippen molar-refractivity contribution >= 4 is 17.7 Å². The molecular weight excluding hydrogens is 555 g/mol. The number of nitrogens with zero attached hydrogens (tertiary/aromatic N) is 4. The number of unbranched alkanes of at least 4 members (excludes halogenated alkanes) is 5. The van der Waals surface area contributed by atoms with Crippen molar-refractivity contribution in [2.24, 2.45) is 0 Å². The second-order valence-electron chi connectivity index (χ2n) is 10.1. The maximum absolute atomic E-state index is 13.4. The van der Waals surface area contributed by atoms with Crippen LogP contribution in [-0.2, 0) is 18.7 Å². The predicted molar refractivity (Wildman–Crippen MR) is 161 cm³/mol. The number of carbonyl (C=O) groups is 1. The smallest absolute Gasteiger partial charge is 0.339 e. The first-order valence-electron chi connectivity index (χ1n) is 14.1. The van der Waals surface area contributed by atoms with Crippen molar-refractivity contribution in [2.45, 2.75) is 69.3 Å². The van der Waals surface area contributed by atoms with E-state index in [4.69, 9.17) is 4.74 Å². The van der Waals surface area contributed by atoms with Gasteiger partial charge in [-0.1, -0.05) is 69.0 Å².